The highest BCUT2D eigenvalue weighted by atomic mass is 16.6. The van der Waals surface area contributed by atoms with Crippen LogP contribution in [0.3, 0.4) is 0 Å². The van der Waals surface area contributed by atoms with Gasteiger partial charge in [0, 0.05) is 13.6 Å². The number of carboxylic acids is 1. The first-order valence-corrected chi connectivity index (χ1v) is 6.18. The molecule has 1 aromatic rings. The van der Waals surface area contributed by atoms with Gasteiger partial charge in [-0.05, 0) is 26.0 Å². The fraction of sp³-hybridized carbons (Fsp3) is 0.462. The number of carbonyl (C=O) groups is 1. The molecule has 7 nitrogen and oxygen atoms in total. The Labute approximate surface area is 116 Å². The smallest absolute Gasteiger partial charge is 0.342 e. The van der Waals surface area contributed by atoms with Crippen LogP contribution in [0.5, 0.6) is 0 Å². The van der Waals surface area contributed by atoms with E-state index in [4.69, 9.17) is 9.84 Å². The molecule has 1 aromatic carbocycles. The molecule has 7 heteroatoms. The Balaban J connectivity index is 3.02. The third-order valence-corrected chi connectivity index (χ3v) is 2.72. The topological polar surface area (TPSA) is 92.9 Å². The highest BCUT2D eigenvalue weighted by Gasteiger charge is 2.25. The number of benzene rings is 1. The zero-order chi connectivity index (χ0) is 15.3. The van der Waals surface area contributed by atoms with Crippen molar-refractivity contribution in [1.29, 1.82) is 0 Å². The maximum absolute atomic E-state index is 11.1. The second kappa shape index (κ2) is 6.85. The van der Waals surface area contributed by atoms with Gasteiger partial charge < -0.3 is 14.7 Å². The highest BCUT2D eigenvalue weighted by molar-refractivity contribution is 5.95. The van der Waals surface area contributed by atoms with Gasteiger partial charge in [-0.3, -0.25) is 10.1 Å². The van der Waals surface area contributed by atoms with Crippen molar-refractivity contribution >= 4 is 17.3 Å². The molecule has 0 saturated heterocycles. The van der Waals surface area contributed by atoms with Gasteiger partial charge in [0.1, 0.15) is 11.3 Å². The third-order valence-electron chi connectivity index (χ3n) is 2.72. The molecule has 0 fully saturated rings. The van der Waals surface area contributed by atoms with Crippen molar-refractivity contribution in [2.45, 2.75) is 20.0 Å². The molecule has 0 amide bonds. The molecule has 1 N–H and O–H groups in total. The molecule has 0 atom stereocenters. The molecule has 1 rings (SSSR count). The van der Waals surface area contributed by atoms with E-state index in [1.54, 1.807) is 11.9 Å². The second-order valence-electron chi connectivity index (χ2n) is 4.58. The molecular weight excluding hydrogens is 264 g/mol. The van der Waals surface area contributed by atoms with Crippen LogP contribution < -0.4 is 4.90 Å². The molecule has 0 bridgehead atoms. The van der Waals surface area contributed by atoms with Crippen LogP contribution >= 0.6 is 0 Å². The van der Waals surface area contributed by atoms with Crippen LogP contribution in [0.1, 0.15) is 24.2 Å². The lowest BCUT2D eigenvalue weighted by Gasteiger charge is -2.20. The molecule has 110 valence electrons. The van der Waals surface area contributed by atoms with Crippen LogP contribution in [-0.4, -0.2) is 42.3 Å². The van der Waals surface area contributed by atoms with Gasteiger partial charge in [0.2, 0.25) is 0 Å². The van der Waals surface area contributed by atoms with Crippen LogP contribution in [0.25, 0.3) is 0 Å². The van der Waals surface area contributed by atoms with Crippen molar-refractivity contribution in [2.24, 2.45) is 0 Å². The van der Waals surface area contributed by atoms with E-state index in [1.807, 2.05) is 13.8 Å². The summed E-state index contributed by atoms with van der Waals surface area (Å²) in [6.45, 7) is 4.63. The van der Waals surface area contributed by atoms with Gasteiger partial charge in [-0.2, -0.15) is 0 Å². The summed E-state index contributed by atoms with van der Waals surface area (Å²) in [4.78, 5) is 23.1. The lowest BCUT2D eigenvalue weighted by Crippen LogP contribution is -2.25. The van der Waals surface area contributed by atoms with Crippen LogP contribution in [0.4, 0.5) is 11.4 Å². The Bertz CT molecular complexity index is 502. The molecule has 0 unspecified atom stereocenters. The van der Waals surface area contributed by atoms with Crippen LogP contribution in [0.2, 0.25) is 0 Å². The number of carboxylic acid groups (broad SMARTS) is 1. The number of aromatic carboxylic acids is 1. The summed E-state index contributed by atoms with van der Waals surface area (Å²) in [5, 5.41) is 20.1. The predicted molar refractivity (Wildman–Crippen MR) is 74.4 cm³/mol. The summed E-state index contributed by atoms with van der Waals surface area (Å²) in [6.07, 6.45) is 0.0729. The summed E-state index contributed by atoms with van der Waals surface area (Å²) in [5.74, 6) is -1.31. The summed E-state index contributed by atoms with van der Waals surface area (Å²) in [7, 11) is 1.66. The average Bonchev–Trinajstić information content (AvgIpc) is 2.36. The van der Waals surface area contributed by atoms with E-state index in [1.165, 1.54) is 18.2 Å². The number of ether oxygens (including phenoxy) is 1. The van der Waals surface area contributed by atoms with Gasteiger partial charge in [0.25, 0.3) is 0 Å². The van der Waals surface area contributed by atoms with Gasteiger partial charge in [0.05, 0.1) is 17.6 Å². The fourth-order valence-corrected chi connectivity index (χ4v) is 1.75. The number of hydrogen-bond acceptors (Lipinski definition) is 5. The largest absolute Gasteiger partial charge is 0.477 e. The van der Waals surface area contributed by atoms with E-state index in [2.05, 4.69) is 0 Å². The molecule has 0 aromatic heterocycles. The van der Waals surface area contributed by atoms with E-state index in [0.717, 1.165) is 0 Å². The number of likely N-dealkylation sites (N-methyl/N-ethyl adjacent to an activating group) is 1. The number of nitro groups is 1. The monoisotopic (exact) mass is 282 g/mol. The first-order chi connectivity index (χ1) is 9.34. The molecule has 0 aliphatic rings. The predicted octanol–water partition coefficient (Wildman–Crippen LogP) is 2.15. The van der Waals surface area contributed by atoms with Gasteiger partial charge in [-0.15, -0.1) is 0 Å². The summed E-state index contributed by atoms with van der Waals surface area (Å²) in [5.41, 5.74) is -0.446. The molecule has 0 radical (unpaired) electrons. The zero-order valence-corrected chi connectivity index (χ0v) is 11.7. The number of nitro benzene ring substituents is 1. The molecule has 0 heterocycles. The van der Waals surface area contributed by atoms with Gasteiger partial charge >= 0.3 is 11.7 Å². The normalized spacial score (nSPS) is 10.6. The summed E-state index contributed by atoms with van der Waals surface area (Å²) >= 11 is 0. The van der Waals surface area contributed by atoms with Gasteiger partial charge in [-0.25, -0.2) is 4.79 Å². The second-order valence-corrected chi connectivity index (χ2v) is 4.58. The molecule has 0 saturated carbocycles. The number of para-hydroxylation sites is 1. The van der Waals surface area contributed by atoms with E-state index in [9.17, 15) is 14.9 Å². The third kappa shape index (κ3) is 3.92. The number of rotatable bonds is 7. The first kappa shape index (κ1) is 15.9. The van der Waals surface area contributed by atoms with E-state index < -0.39 is 16.6 Å². The minimum atomic E-state index is -1.31. The van der Waals surface area contributed by atoms with Crippen molar-refractivity contribution in [3.05, 3.63) is 33.9 Å². The quantitative estimate of drug-likeness (QED) is 0.608. The van der Waals surface area contributed by atoms with Crippen molar-refractivity contribution in [1.82, 2.24) is 0 Å². The van der Waals surface area contributed by atoms with Crippen LogP contribution in [0.15, 0.2) is 18.2 Å². The van der Waals surface area contributed by atoms with Crippen molar-refractivity contribution in [3.63, 3.8) is 0 Å². The number of nitrogens with zero attached hydrogens (tertiary/aromatic N) is 2. The first-order valence-electron chi connectivity index (χ1n) is 6.18. The molecule has 0 spiro atoms. The van der Waals surface area contributed by atoms with Crippen molar-refractivity contribution < 1.29 is 19.6 Å². The minimum absolute atomic E-state index is 0.0729. The maximum Gasteiger partial charge on any atom is 0.342 e. The van der Waals surface area contributed by atoms with E-state index in [-0.39, 0.29) is 17.4 Å². The standard InChI is InChI=1S/C13H18N2O5/c1-9(2)20-8-7-14(3)11-6-4-5-10(13(16)17)12(11)15(18)19/h4-6,9H,7-8H2,1-3H3,(H,16,17). The van der Waals surface area contributed by atoms with Crippen LogP contribution in [-0.2, 0) is 4.74 Å². The Morgan fingerprint density at radius 2 is 2.15 bits per heavy atom. The Morgan fingerprint density at radius 3 is 2.65 bits per heavy atom. The number of hydrogen-bond donors (Lipinski definition) is 1. The van der Waals surface area contributed by atoms with Gasteiger partial charge in [-0.1, -0.05) is 6.07 Å². The molecule has 0 aliphatic heterocycles. The minimum Gasteiger partial charge on any atom is -0.477 e. The van der Waals surface area contributed by atoms with E-state index >= 15 is 0 Å². The van der Waals surface area contributed by atoms with Gasteiger partial charge in [0.15, 0.2) is 0 Å². The Hall–Kier alpha value is -2.15. The van der Waals surface area contributed by atoms with E-state index in [0.29, 0.717) is 13.2 Å². The lowest BCUT2D eigenvalue weighted by molar-refractivity contribution is -0.384. The summed E-state index contributed by atoms with van der Waals surface area (Å²) < 4.78 is 5.38. The van der Waals surface area contributed by atoms with Crippen molar-refractivity contribution in [2.75, 3.05) is 25.1 Å². The van der Waals surface area contributed by atoms with Crippen molar-refractivity contribution in [3.8, 4) is 0 Å². The van der Waals surface area contributed by atoms with Crippen LogP contribution in [0, 0.1) is 10.1 Å². The lowest BCUT2D eigenvalue weighted by atomic mass is 10.1. The zero-order valence-electron chi connectivity index (χ0n) is 11.7. The number of anilines is 1. The highest BCUT2D eigenvalue weighted by Crippen LogP contribution is 2.31. The molecular formula is C13H18N2O5. The molecule has 0 aliphatic carbocycles. The fourth-order valence-electron chi connectivity index (χ4n) is 1.75. The average molecular weight is 282 g/mol. The SMILES string of the molecule is CC(C)OCCN(C)c1cccc(C(=O)O)c1[N+](=O)[O-]. The summed E-state index contributed by atoms with van der Waals surface area (Å²) in [6, 6.07) is 4.24. The Kier molecular flexibility index (Phi) is 5.45. The maximum atomic E-state index is 11.1. The molecule has 20 heavy (non-hydrogen) atoms. The Morgan fingerprint density at radius 1 is 1.50 bits per heavy atom.